The van der Waals surface area contributed by atoms with Crippen LogP contribution in [0.25, 0.3) is 0 Å². The fraction of sp³-hybridized carbons (Fsp3) is 0.375. The Morgan fingerprint density at radius 1 is 1.53 bits per heavy atom. The largest absolute Gasteiger partial charge is 0.573 e. The molecule has 0 aromatic carbocycles. The minimum Gasteiger partial charge on any atom is -0.400 e. The fourth-order valence-electron chi connectivity index (χ4n) is 0.988. The predicted molar refractivity (Wildman–Crippen MR) is 48.0 cm³/mol. The van der Waals surface area contributed by atoms with Crippen molar-refractivity contribution in [3.05, 3.63) is 27.7 Å². The standard InChI is InChI=1S/C8H7ClF3NO2/c1-4-5(2-9)13-3-6(7(4)14)15-8(10,11)12/h3H,2H2,1H3,(H,13,14). The van der Waals surface area contributed by atoms with Crippen LogP contribution in [-0.4, -0.2) is 11.3 Å². The van der Waals surface area contributed by atoms with Gasteiger partial charge in [-0.15, -0.1) is 24.8 Å². The summed E-state index contributed by atoms with van der Waals surface area (Å²) in [5.74, 6) is -0.762. The van der Waals surface area contributed by atoms with Crippen LogP contribution in [0.4, 0.5) is 13.2 Å². The summed E-state index contributed by atoms with van der Waals surface area (Å²) >= 11 is 5.46. The summed E-state index contributed by atoms with van der Waals surface area (Å²) in [4.78, 5) is 13.8. The topological polar surface area (TPSA) is 42.1 Å². The highest BCUT2D eigenvalue weighted by Gasteiger charge is 2.32. The molecule has 1 aromatic heterocycles. The third-order valence-corrected chi connectivity index (χ3v) is 2.02. The molecule has 0 amide bonds. The van der Waals surface area contributed by atoms with E-state index in [1.807, 2.05) is 0 Å². The van der Waals surface area contributed by atoms with Crippen LogP contribution in [0.5, 0.6) is 5.75 Å². The minimum atomic E-state index is -4.87. The van der Waals surface area contributed by atoms with Gasteiger partial charge in [0.15, 0.2) is 5.75 Å². The van der Waals surface area contributed by atoms with Gasteiger partial charge >= 0.3 is 6.36 Å². The molecule has 1 rings (SSSR count). The molecule has 0 unspecified atom stereocenters. The van der Waals surface area contributed by atoms with E-state index in [1.54, 1.807) is 0 Å². The first kappa shape index (κ1) is 11.9. The highest BCUT2D eigenvalue weighted by Crippen LogP contribution is 2.20. The van der Waals surface area contributed by atoms with Crippen molar-refractivity contribution >= 4 is 11.6 Å². The van der Waals surface area contributed by atoms with Crippen LogP contribution in [0.1, 0.15) is 11.3 Å². The van der Waals surface area contributed by atoms with Crippen molar-refractivity contribution in [2.45, 2.75) is 19.2 Å². The molecule has 7 heteroatoms. The Hall–Kier alpha value is -1.17. The van der Waals surface area contributed by atoms with Gasteiger partial charge in [0.1, 0.15) is 0 Å². The molecule has 0 saturated heterocycles. The first-order valence-electron chi connectivity index (χ1n) is 3.88. The average Bonchev–Trinajstić information content (AvgIpc) is 2.11. The molecular weight excluding hydrogens is 235 g/mol. The molecule has 0 aliphatic heterocycles. The normalized spacial score (nSPS) is 11.5. The molecule has 0 saturated carbocycles. The Labute approximate surface area is 87.8 Å². The lowest BCUT2D eigenvalue weighted by atomic mass is 10.2. The van der Waals surface area contributed by atoms with Gasteiger partial charge < -0.3 is 9.72 Å². The number of aromatic nitrogens is 1. The average molecular weight is 242 g/mol. The molecule has 0 fully saturated rings. The van der Waals surface area contributed by atoms with Gasteiger partial charge in [-0.25, -0.2) is 0 Å². The molecular formula is C8H7ClF3NO2. The van der Waals surface area contributed by atoms with E-state index in [2.05, 4.69) is 9.72 Å². The molecule has 0 atom stereocenters. The number of halogens is 4. The van der Waals surface area contributed by atoms with Crippen LogP contribution in [0.15, 0.2) is 11.0 Å². The van der Waals surface area contributed by atoms with E-state index < -0.39 is 17.5 Å². The molecule has 84 valence electrons. The van der Waals surface area contributed by atoms with Gasteiger partial charge in [0, 0.05) is 17.5 Å². The molecule has 0 radical (unpaired) electrons. The van der Waals surface area contributed by atoms with Gasteiger partial charge in [0.05, 0.1) is 5.88 Å². The monoisotopic (exact) mass is 241 g/mol. The zero-order valence-electron chi connectivity index (χ0n) is 7.61. The van der Waals surface area contributed by atoms with E-state index in [-0.39, 0.29) is 11.4 Å². The number of rotatable bonds is 2. The first-order valence-corrected chi connectivity index (χ1v) is 4.41. The molecule has 1 N–H and O–H groups in total. The molecule has 1 aromatic rings. The van der Waals surface area contributed by atoms with Crippen LogP contribution < -0.4 is 10.2 Å². The third kappa shape index (κ3) is 2.89. The Kier molecular flexibility index (Phi) is 3.28. The Balaban J connectivity index is 3.13. The van der Waals surface area contributed by atoms with Crippen molar-refractivity contribution in [3.63, 3.8) is 0 Å². The zero-order valence-corrected chi connectivity index (χ0v) is 8.37. The maximum atomic E-state index is 11.8. The highest BCUT2D eigenvalue weighted by molar-refractivity contribution is 6.16. The van der Waals surface area contributed by atoms with Crippen LogP contribution >= 0.6 is 11.6 Å². The van der Waals surface area contributed by atoms with Gasteiger partial charge in [-0.3, -0.25) is 4.79 Å². The Morgan fingerprint density at radius 3 is 2.60 bits per heavy atom. The van der Waals surface area contributed by atoms with Crippen molar-refractivity contribution in [2.24, 2.45) is 0 Å². The Morgan fingerprint density at radius 2 is 2.13 bits per heavy atom. The zero-order chi connectivity index (χ0) is 11.6. The number of H-pyrrole nitrogens is 1. The number of ether oxygens (including phenoxy) is 1. The summed E-state index contributed by atoms with van der Waals surface area (Å²) in [6, 6.07) is 0. The van der Waals surface area contributed by atoms with E-state index in [9.17, 15) is 18.0 Å². The van der Waals surface area contributed by atoms with Crippen molar-refractivity contribution in [1.82, 2.24) is 4.98 Å². The maximum Gasteiger partial charge on any atom is 0.573 e. The number of pyridine rings is 1. The van der Waals surface area contributed by atoms with Crippen LogP contribution in [0, 0.1) is 6.92 Å². The summed E-state index contributed by atoms with van der Waals surface area (Å²) in [5.41, 5.74) is -0.329. The van der Waals surface area contributed by atoms with Crippen LogP contribution in [0.3, 0.4) is 0 Å². The fourth-order valence-corrected chi connectivity index (χ4v) is 1.27. The second-order valence-corrected chi connectivity index (χ2v) is 3.03. The van der Waals surface area contributed by atoms with Gasteiger partial charge in [0.25, 0.3) is 0 Å². The van der Waals surface area contributed by atoms with E-state index in [0.717, 1.165) is 6.20 Å². The molecule has 0 aliphatic carbocycles. The number of aromatic amines is 1. The van der Waals surface area contributed by atoms with Crippen molar-refractivity contribution in [3.8, 4) is 5.75 Å². The van der Waals surface area contributed by atoms with Crippen LogP contribution in [0.2, 0.25) is 0 Å². The van der Waals surface area contributed by atoms with E-state index in [4.69, 9.17) is 11.6 Å². The summed E-state index contributed by atoms with van der Waals surface area (Å²) in [5, 5.41) is 0. The molecule has 1 heterocycles. The predicted octanol–water partition coefficient (Wildman–Crippen LogP) is 2.32. The smallest absolute Gasteiger partial charge is 0.400 e. The lowest BCUT2D eigenvalue weighted by molar-refractivity contribution is -0.275. The third-order valence-electron chi connectivity index (χ3n) is 1.75. The first-order chi connectivity index (χ1) is 6.85. The number of alkyl halides is 4. The summed E-state index contributed by atoms with van der Waals surface area (Å²) in [6.07, 6.45) is -4.03. The van der Waals surface area contributed by atoms with Gasteiger partial charge in [-0.2, -0.15) is 0 Å². The Bertz CT molecular complexity index is 413. The van der Waals surface area contributed by atoms with E-state index >= 15 is 0 Å². The number of hydrogen-bond donors (Lipinski definition) is 1. The lowest BCUT2D eigenvalue weighted by Gasteiger charge is -2.09. The highest BCUT2D eigenvalue weighted by atomic mass is 35.5. The number of hydrogen-bond acceptors (Lipinski definition) is 2. The summed E-state index contributed by atoms with van der Waals surface area (Å²) in [6.45, 7) is 1.37. The molecule has 0 bridgehead atoms. The molecule has 0 aliphatic rings. The summed E-state index contributed by atoms with van der Waals surface area (Å²) in [7, 11) is 0. The van der Waals surface area contributed by atoms with Crippen molar-refractivity contribution in [2.75, 3.05) is 0 Å². The SMILES string of the molecule is Cc1c(CCl)[nH]cc(OC(F)(F)F)c1=O. The van der Waals surface area contributed by atoms with Gasteiger partial charge in [-0.1, -0.05) is 0 Å². The molecule has 3 nitrogen and oxygen atoms in total. The second kappa shape index (κ2) is 4.14. The molecule has 15 heavy (non-hydrogen) atoms. The lowest BCUT2D eigenvalue weighted by Crippen LogP contribution is -2.23. The van der Waals surface area contributed by atoms with Gasteiger partial charge in [0.2, 0.25) is 5.43 Å². The van der Waals surface area contributed by atoms with E-state index in [0.29, 0.717) is 5.69 Å². The maximum absolute atomic E-state index is 11.8. The second-order valence-electron chi connectivity index (χ2n) is 2.77. The summed E-state index contributed by atoms with van der Waals surface area (Å²) < 4.78 is 39.0. The number of nitrogens with one attached hydrogen (secondary N) is 1. The minimum absolute atomic E-state index is 0.0212. The van der Waals surface area contributed by atoms with Crippen LogP contribution in [-0.2, 0) is 5.88 Å². The quantitative estimate of drug-likeness (QED) is 0.808. The molecule has 0 spiro atoms. The van der Waals surface area contributed by atoms with E-state index in [1.165, 1.54) is 6.92 Å². The van der Waals surface area contributed by atoms with Crippen molar-refractivity contribution in [1.29, 1.82) is 0 Å². The van der Waals surface area contributed by atoms with Gasteiger partial charge in [-0.05, 0) is 6.92 Å². The van der Waals surface area contributed by atoms with Crippen molar-refractivity contribution < 1.29 is 17.9 Å².